The number of nitrogens with one attached hydrogen (secondary N) is 4. The number of carboxylic acid groups (broad SMARTS) is 1. The molecule has 64 heavy (non-hydrogen) atoms. The molecule has 352 valence electrons. The van der Waals surface area contributed by atoms with E-state index in [1.54, 1.807) is 25.3 Å². The third-order valence-electron chi connectivity index (χ3n) is 12.4. The van der Waals surface area contributed by atoms with E-state index in [0.29, 0.717) is 53.1 Å². The number of thiazole rings is 1. The van der Waals surface area contributed by atoms with Crippen LogP contribution in [-0.4, -0.2) is 138 Å². The zero-order valence-electron chi connectivity index (χ0n) is 38.4. The number of aliphatic carboxylic acids is 1. The summed E-state index contributed by atoms with van der Waals surface area (Å²) in [6, 6.07) is 3.88. The van der Waals surface area contributed by atoms with Crippen molar-refractivity contribution in [3.8, 4) is 22.9 Å². The summed E-state index contributed by atoms with van der Waals surface area (Å²) in [4.78, 5) is 67.1. The topological polar surface area (TPSA) is 225 Å². The maximum absolute atomic E-state index is 14.9. The van der Waals surface area contributed by atoms with Gasteiger partial charge in [-0.3, -0.25) is 9.59 Å². The lowest BCUT2D eigenvalue weighted by atomic mass is 9.87. The van der Waals surface area contributed by atoms with E-state index in [0.717, 1.165) is 35.1 Å². The van der Waals surface area contributed by atoms with Gasteiger partial charge >= 0.3 is 12.0 Å². The van der Waals surface area contributed by atoms with Crippen LogP contribution in [-0.2, 0) is 24.6 Å². The molecule has 5 N–H and O–H groups in total. The molecule has 0 spiro atoms. The number of hydrogen-bond donors (Lipinski definition) is 5. The monoisotopic (exact) mass is 927 g/mol. The van der Waals surface area contributed by atoms with Crippen molar-refractivity contribution >= 4 is 61.4 Å². The molecule has 18 nitrogen and oxygen atoms in total. The predicted molar refractivity (Wildman–Crippen MR) is 246 cm³/mol. The lowest BCUT2D eigenvalue weighted by Crippen LogP contribution is -2.59. The number of anilines is 1. The van der Waals surface area contributed by atoms with Crippen LogP contribution >= 0.6 is 11.3 Å². The summed E-state index contributed by atoms with van der Waals surface area (Å²) < 4.78 is 40.4. The fourth-order valence-electron chi connectivity index (χ4n) is 8.49. The molecule has 4 amide bonds. The van der Waals surface area contributed by atoms with Crippen LogP contribution < -0.4 is 30.7 Å². The molecule has 6 atom stereocenters. The van der Waals surface area contributed by atoms with Crippen molar-refractivity contribution < 1.29 is 42.2 Å². The Morgan fingerprint density at radius 3 is 2.41 bits per heavy atom. The maximum Gasteiger partial charge on any atom is 0.329 e. The highest BCUT2D eigenvalue weighted by molar-refractivity contribution is 7.86. The van der Waals surface area contributed by atoms with Crippen molar-refractivity contribution in [3.05, 3.63) is 29.6 Å². The molecule has 0 radical (unpaired) electrons. The van der Waals surface area contributed by atoms with Gasteiger partial charge < -0.3 is 40.7 Å². The first-order chi connectivity index (χ1) is 30.1. The number of nitrogens with zero attached hydrogens (tertiary/aromatic N) is 5. The Kier molecular flexibility index (Phi) is 15.0. The van der Waals surface area contributed by atoms with Crippen molar-refractivity contribution in [1.82, 2.24) is 39.4 Å². The average molecular weight is 928 g/mol. The number of fused-ring (bicyclic) bond motifs is 3. The molecule has 3 aromatic rings. The second kappa shape index (κ2) is 19.8. The number of hydrogen-bond acceptors (Lipinski definition) is 12. The van der Waals surface area contributed by atoms with E-state index in [9.17, 15) is 32.7 Å². The van der Waals surface area contributed by atoms with Crippen LogP contribution in [0.15, 0.2) is 29.6 Å². The fourth-order valence-corrected chi connectivity index (χ4v) is 10.2. The number of urea groups is 1. The molecule has 3 aliphatic rings. The molecule has 20 heteroatoms. The second-order valence-corrected chi connectivity index (χ2v) is 22.0. The number of amides is 4. The number of rotatable bonds is 13. The molecule has 3 fully saturated rings. The highest BCUT2D eigenvalue weighted by Crippen LogP contribution is 2.48. The molecule has 1 saturated carbocycles. The number of likely N-dealkylation sites (N-methyl/N-ethyl adjacent to an activating group) is 1. The fraction of sp³-hybridized carbons (Fsp3) is 0.636. The Hall–Kier alpha value is -4.79. The van der Waals surface area contributed by atoms with E-state index in [1.807, 2.05) is 46.1 Å². The third-order valence-corrected chi connectivity index (χ3v) is 15.1. The van der Waals surface area contributed by atoms with Gasteiger partial charge in [-0.2, -0.15) is 17.0 Å². The minimum Gasteiger partial charge on any atom is -0.497 e. The van der Waals surface area contributed by atoms with Crippen molar-refractivity contribution in [2.24, 2.45) is 11.3 Å². The summed E-state index contributed by atoms with van der Waals surface area (Å²) in [6.07, 6.45) is 4.48. The number of pyridine rings is 1. The Morgan fingerprint density at radius 2 is 1.75 bits per heavy atom. The Labute approximate surface area is 380 Å². The molecule has 2 aromatic heterocycles. The van der Waals surface area contributed by atoms with Crippen molar-refractivity contribution in [2.45, 2.75) is 128 Å². The van der Waals surface area contributed by atoms with E-state index in [2.05, 4.69) is 21.3 Å². The van der Waals surface area contributed by atoms with Gasteiger partial charge in [0.05, 0.1) is 24.9 Å². The number of carbonyl (C=O) groups is 4. The van der Waals surface area contributed by atoms with Gasteiger partial charge in [-0.15, -0.1) is 11.3 Å². The van der Waals surface area contributed by atoms with Crippen molar-refractivity contribution in [3.63, 3.8) is 0 Å². The molecule has 2 saturated heterocycles. The van der Waals surface area contributed by atoms with Gasteiger partial charge in [-0.1, -0.05) is 52.9 Å². The third kappa shape index (κ3) is 11.2. The SMILES string of the molecule is COc1ccc2c(O[C@@H]3C[C@H]4C(=O)N[C@]5(C(=O)O)CC5CCCCCCC[C@H](NC(=O)NC(CN(C)S(=O)(=O)N(C)C)C(C)(C)C)C(=O)N4C3)cc(-c3csc(NC(C)C)n3)nc2c1. The highest BCUT2D eigenvalue weighted by atomic mass is 32.2. The first-order valence-electron chi connectivity index (χ1n) is 22.1. The average Bonchev–Trinajstić information content (AvgIpc) is 3.48. The van der Waals surface area contributed by atoms with E-state index < -0.39 is 69.2 Å². The Morgan fingerprint density at radius 1 is 1.05 bits per heavy atom. The first kappa shape index (κ1) is 48.7. The molecule has 4 heterocycles. The van der Waals surface area contributed by atoms with Crippen molar-refractivity contribution in [2.75, 3.05) is 46.7 Å². The summed E-state index contributed by atoms with van der Waals surface area (Å²) in [5.41, 5.74) is -0.261. The minimum absolute atomic E-state index is 0.0352. The van der Waals surface area contributed by atoms with Gasteiger partial charge in [0, 0.05) is 69.1 Å². The summed E-state index contributed by atoms with van der Waals surface area (Å²) >= 11 is 1.45. The molecule has 2 aliphatic heterocycles. The van der Waals surface area contributed by atoms with Gasteiger partial charge in [-0.25, -0.2) is 19.6 Å². The lowest BCUT2D eigenvalue weighted by molar-refractivity contribution is -0.145. The standard InChI is InChI=1S/C44H65N9O9S2/c1-26(2)45-42-48-34(25-63-42)33-21-36(30-18-17-28(61-9)19-32(30)46-33)62-29-20-35-38(54)50-44(40(56)57)22-27(44)15-13-11-10-12-14-16-31(39(55)53(35)23-29)47-41(58)49-37(43(3,4)5)24-52(8)64(59,60)51(6)7/h17-19,21,25-27,29,31,35,37H,10-16,20,22-24H2,1-9H3,(H,45,48)(H,50,54)(H,56,57)(H2,47,49,58)/t27?,29-,31+,35+,37?,44-/m1/s1. The minimum atomic E-state index is -3.79. The molecule has 1 aromatic carbocycles. The summed E-state index contributed by atoms with van der Waals surface area (Å²) in [6.45, 7) is 9.63. The Balaban J connectivity index is 1.32. The van der Waals surface area contributed by atoms with Crippen LogP contribution in [0.3, 0.4) is 0 Å². The molecule has 0 bridgehead atoms. The number of ether oxygens (including phenoxy) is 2. The highest BCUT2D eigenvalue weighted by Gasteiger charge is 2.62. The van der Waals surface area contributed by atoms with E-state index in [-0.39, 0.29) is 37.9 Å². The number of aromatic nitrogens is 2. The number of benzene rings is 1. The van der Waals surface area contributed by atoms with Gasteiger partial charge in [-0.05, 0) is 56.6 Å². The predicted octanol–water partition coefficient (Wildman–Crippen LogP) is 5.06. The second-order valence-electron chi connectivity index (χ2n) is 18.9. The van der Waals surface area contributed by atoms with E-state index >= 15 is 0 Å². The number of carboxylic acids is 1. The van der Waals surface area contributed by atoms with Gasteiger partial charge in [0.15, 0.2) is 5.13 Å². The molecular formula is C44H65N9O9S2. The number of methoxy groups -OCH3 is 1. The summed E-state index contributed by atoms with van der Waals surface area (Å²) in [7, 11) is 2.09. The molecule has 1 aliphatic carbocycles. The quantitative estimate of drug-likeness (QED) is 0.152. The Bertz CT molecular complexity index is 2300. The zero-order chi connectivity index (χ0) is 46.7. The first-order valence-corrected chi connectivity index (χ1v) is 24.3. The maximum atomic E-state index is 14.9. The van der Waals surface area contributed by atoms with Crippen molar-refractivity contribution in [1.29, 1.82) is 0 Å². The van der Waals surface area contributed by atoms with E-state index in [4.69, 9.17) is 19.4 Å². The lowest BCUT2D eigenvalue weighted by Gasteiger charge is -2.35. The normalized spacial score (nSPS) is 24.0. The van der Waals surface area contributed by atoms with Crippen LogP contribution in [0.5, 0.6) is 11.5 Å². The van der Waals surface area contributed by atoms with E-state index in [1.165, 1.54) is 41.7 Å². The molecule has 2 unspecified atom stereocenters. The zero-order valence-corrected chi connectivity index (χ0v) is 40.0. The summed E-state index contributed by atoms with van der Waals surface area (Å²) in [5.74, 6) is -1.40. The number of carbonyl (C=O) groups excluding carboxylic acids is 3. The summed E-state index contributed by atoms with van der Waals surface area (Å²) in [5, 5.41) is 25.7. The molecule has 6 rings (SSSR count). The van der Waals surface area contributed by atoms with Gasteiger partial charge in [0.2, 0.25) is 11.8 Å². The van der Waals surface area contributed by atoms with Crippen LogP contribution in [0.4, 0.5) is 9.93 Å². The largest absolute Gasteiger partial charge is 0.497 e. The van der Waals surface area contributed by atoms with Crippen LogP contribution in [0.1, 0.15) is 92.4 Å². The molecular weight excluding hydrogens is 863 g/mol. The van der Waals surface area contributed by atoms with Gasteiger partial charge in [0.25, 0.3) is 10.2 Å². The van der Waals surface area contributed by atoms with Crippen LogP contribution in [0.25, 0.3) is 22.3 Å². The smallest absolute Gasteiger partial charge is 0.329 e. The van der Waals surface area contributed by atoms with Crippen LogP contribution in [0.2, 0.25) is 0 Å². The van der Waals surface area contributed by atoms with Gasteiger partial charge in [0.1, 0.15) is 40.9 Å². The van der Waals surface area contributed by atoms with Crippen LogP contribution in [0, 0.1) is 11.3 Å².